The molecule has 12 heteroatoms. The fraction of sp³-hybridized carbons (Fsp3) is 0.800. The number of unbranched alkanes of at least 4 members (excludes halogenated alkanes) is 3. The van der Waals surface area contributed by atoms with Gasteiger partial charge in [-0.2, -0.15) is 0 Å². The quantitative estimate of drug-likeness (QED) is 0.169. The summed E-state index contributed by atoms with van der Waals surface area (Å²) in [5.41, 5.74) is 5.53. The molecule has 1 rings (SSSR count). The Morgan fingerprint density at radius 2 is 1.28 bits per heavy atom. The molecular formula is C20H36GdN5O6. The predicted octanol–water partition coefficient (Wildman–Crippen LogP) is -3.53. The van der Waals surface area contributed by atoms with Gasteiger partial charge in [-0.05, 0) is 32.5 Å². The van der Waals surface area contributed by atoms with E-state index in [9.17, 15) is 29.7 Å². The Balaban J connectivity index is 0.00000961. The van der Waals surface area contributed by atoms with Crippen LogP contribution in [0.1, 0.15) is 25.7 Å². The zero-order chi connectivity index (χ0) is 23.1. The maximum absolute atomic E-state index is 11.2. The number of carbonyl (C=O) groups is 3. The number of carbonyl (C=O) groups excluding carboxylic acids is 2. The molecule has 1 aliphatic heterocycles. The van der Waals surface area contributed by atoms with Crippen LogP contribution in [0.4, 0.5) is 0 Å². The number of carboxylic acids is 3. The van der Waals surface area contributed by atoms with Gasteiger partial charge in [-0.3, -0.25) is 21.1 Å². The van der Waals surface area contributed by atoms with Crippen molar-refractivity contribution in [2.45, 2.75) is 25.7 Å². The van der Waals surface area contributed by atoms with Gasteiger partial charge in [0.05, 0.1) is 18.5 Å². The molecule has 32 heavy (non-hydrogen) atoms. The van der Waals surface area contributed by atoms with Gasteiger partial charge in [-0.1, -0.05) is 12.8 Å². The van der Waals surface area contributed by atoms with E-state index in [-0.39, 0.29) is 59.6 Å². The van der Waals surface area contributed by atoms with E-state index in [1.165, 1.54) is 0 Å². The molecule has 1 saturated heterocycles. The monoisotopic (exact) mass is 600 g/mol. The van der Waals surface area contributed by atoms with Gasteiger partial charge in [0, 0.05) is 45.8 Å². The van der Waals surface area contributed by atoms with E-state index in [1.54, 1.807) is 14.7 Å². The van der Waals surface area contributed by atoms with Gasteiger partial charge in [0.15, 0.2) is 0 Å². The van der Waals surface area contributed by atoms with Crippen molar-refractivity contribution in [3.63, 3.8) is 0 Å². The molecule has 11 nitrogen and oxygen atoms in total. The first-order valence-corrected chi connectivity index (χ1v) is 10.9. The summed E-state index contributed by atoms with van der Waals surface area (Å²) in [6, 6.07) is 0. The van der Waals surface area contributed by atoms with E-state index >= 15 is 0 Å². The number of nitrogens with two attached hydrogens (primary N) is 1. The second-order valence-corrected chi connectivity index (χ2v) is 7.85. The number of hydrogen-bond acceptors (Lipinski definition) is 10. The number of rotatable bonds is 12. The Morgan fingerprint density at radius 3 is 1.78 bits per heavy atom. The average molecular weight is 600 g/mol. The molecule has 3 N–H and O–H groups in total. The molecule has 0 aromatic carbocycles. The Morgan fingerprint density at radius 1 is 0.781 bits per heavy atom. The summed E-state index contributed by atoms with van der Waals surface area (Å²) in [5, 5.41) is 31.4. The predicted molar refractivity (Wildman–Crippen MR) is 110 cm³/mol. The van der Waals surface area contributed by atoms with Crippen LogP contribution in [0.2, 0.25) is 0 Å². The molecule has 1 heterocycles. The first-order chi connectivity index (χ1) is 14.8. The summed E-state index contributed by atoms with van der Waals surface area (Å²) in [7, 11) is 0. The molecule has 1 fully saturated rings. The summed E-state index contributed by atoms with van der Waals surface area (Å²) in [4.78, 5) is 40.7. The Kier molecular flexibility index (Phi) is 18.6. The van der Waals surface area contributed by atoms with E-state index in [0.29, 0.717) is 52.4 Å². The summed E-state index contributed by atoms with van der Waals surface area (Å²) in [5.74, 6) is -3.35. The SMILES string of the molecule is NCCCCCCN1[CH-]CN(CC(=O)O)CCN(CC(=O)[O-])CCN(CC(=O)[O-])CC1.[Gd+3]. The van der Waals surface area contributed by atoms with Crippen molar-refractivity contribution in [3.8, 4) is 0 Å². The third-order valence-corrected chi connectivity index (χ3v) is 5.23. The van der Waals surface area contributed by atoms with Gasteiger partial charge in [-0.15, -0.1) is 6.54 Å². The minimum Gasteiger partial charge on any atom is -0.549 e. The molecule has 1 aliphatic rings. The molecule has 0 aromatic rings. The van der Waals surface area contributed by atoms with Gasteiger partial charge in [-0.25, -0.2) is 0 Å². The Bertz CT molecular complexity index is 525. The van der Waals surface area contributed by atoms with Crippen molar-refractivity contribution in [1.82, 2.24) is 19.6 Å². The van der Waals surface area contributed by atoms with Crippen LogP contribution in [0.15, 0.2) is 0 Å². The van der Waals surface area contributed by atoms with E-state index in [2.05, 4.69) is 4.90 Å². The minimum atomic E-state index is -1.23. The third kappa shape index (κ3) is 16.2. The molecule has 0 atom stereocenters. The maximum atomic E-state index is 11.2. The van der Waals surface area contributed by atoms with Gasteiger partial charge < -0.3 is 40.4 Å². The Labute approximate surface area is 222 Å². The van der Waals surface area contributed by atoms with Crippen LogP contribution >= 0.6 is 0 Å². The molecule has 0 bridgehead atoms. The van der Waals surface area contributed by atoms with Gasteiger partial charge in [0.25, 0.3) is 0 Å². The van der Waals surface area contributed by atoms with Crippen molar-refractivity contribution < 1.29 is 69.6 Å². The van der Waals surface area contributed by atoms with Gasteiger partial charge >= 0.3 is 45.9 Å². The van der Waals surface area contributed by atoms with Crippen LogP contribution in [0.3, 0.4) is 0 Å². The van der Waals surface area contributed by atoms with Crippen LogP contribution in [-0.4, -0.2) is 121 Å². The molecule has 0 aliphatic carbocycles. The van der Waals surface area contributed by atoms with Crippen LogP contribution < -0.4 is 15.9 Å². The second kappa shape index (κ2) is 18.9. The van der Waals surface area contributed by atoms with E-state index in [0.717, 1.165) is 32.2 Å². The number of nitrogens with zero attached hydrogens (tertiary/aromatic N) is 4. The molecule has 0 aromatic heterocycles. The fourth-order valence-electron chi connectivity index (χ4n) is 3.50. The van der Waals surface area contributed by atoms with E-state index < -0.39 is 17.9 Å². The maximum Gasteiger partial charge on any atom is 3.00 e. The molecule has 0 saturated carbocycles. The Hall–Kier alpha value is -0.465. The number of hydrogen-bond donors (Lipinski definition) is 2. The van der Waals surface area contributed by atoms with E-state index in [1.807, 2.05) is 6.54 Å². The normalized spacial score (nSPS) is 18.3. The van der Waals surface area contributed by atoms with Crippen molar-refractivity contribution in [2.24, 2.45) is 5.73 Å². The van der Waals surface area contributed by atoms with Crippen molar-refractivity contribution >= 4 is 17.9 Å². The summed E-state index contributed by atoms with van der Waals surface area (Å²) in [6.45, 7) is 5.65. The number of aliphatic carboxylic acids is 3. The summed E-state index contributed by atoms with van der Waals surface area (Å²) in [6.07, 6.45) is 4.05. The number of carboxylic acid groups (broad SMARTS) is 3. The molecule has 1 radical (unpaired) electrons. The van der Waals surface area contributed by atoms with Crippen LogP contribution in [0.25, 0.3) is 0 Å². The topological polar surface area (TPSA) is 157 Å². The summed E-state index contributed by atoms with van der Waals surface area (Å²) >= 11 is 0. The minimum absolute atomic E-state index is 0. The van der Waals surface area contributed by atoms with Gasteiger partial charge in [0.2, 0.25) is 0 Å². The largest absolute Gasteiger partial charge is 3.00 e. The fourth-order valence-corrected chi connectivity index (χ4v) is 3.50. The molecule has 0 spiro atoms. The van der Waals surface area contributed by atoms with Crippen LogP contribution in [0.5, 0.6) is 0 Å². The first kappa shape index (κ1) is 31.5. The zero-order valence-electron chi connectivity index (χ0n) is 18.6. The molecule has 185 valence electrons. The van der Waals surface area contributed by atoms with Crippen molar-refractivity contribution in [3.05, 3.63) is 6.54 Å². The van der Waals surface area contributed by atoms with E-state index in [4.69, 9.17) is 5.73 Å². The zero-order valence-corrected chi connectivity index (χ0v) is 20.9. The van der Waals surface area contributed by atoms with Crippen LogP contribution in [-0.2, 0) is 14.4 Å². The smallest absolute Gasteiger partial charge is 0.549 e. The summed E-state index contributed by atoms with van der Waals surface area (Å²) < 4.78 is 0. The van der Waals surface area contributed by atoms with Crippen molar-refractivity contribution in [1.29, 1.82) is 0 Å². The first-order valence-electron chi connectivity index (χ1n) is 10.9. The standard InChI is InChI=1S/C20H38N5O6.Gd/c21-5-3-1-2-4-6-22-7-9-23(15-18(26)27)11-13-25(17-20(30)31)14-12-24(10-8-22)16-19(28)29;/h7H,1-6,8-17,21H2,(H,26,27)(H,28,29)(H,30,31);/q-1;+3/p-2. The average Bonchev–Trinajstić information content (AvgIpc) is 2.68. The van der Waals surface area contributed by atoms with Gasteiger partial charge in [0.1, 0.15) is 0 Å². The third-order valence-electron chi connectivity index (χ3n) is 5.23. The molecule has 0 unspecified atom stereocenters. The molecular weight excluding hydrogens is 563 g/mol. The second-order valence-electron chi connectivity index (χ2n) is 7.85. The molecule has 0 amide bonds. The van der Waals surface area contributed by atoms with Crippen molar-refractivity contribution in [2.75, 3.05) is 78.5 Å². The van der Waals surface area contributed by atoms with Crippen LogP contribution in [0, 0.1) is 46.5 Å².